The summed E-state index contributed by atoms with van der Waals surface area (Å²) in [5, 5.41) is 3.24. The van der Waals surface area contributed by atoms with Crippen LogP contribution in [0.15, 0.2) is 30.5 Å². The Balaban J connectivity index is 2.11. The Bertz CT molecular complexity index is 771. The molecule has 0 saturated carbocycles. The zero-order chi connectivity index (χ0) is 18.4. The van der Waals surface area contributed by atoms with Crippen LogP contribution in [0.4, 0.5) is 0 Å². The molecule has 0 spiro atoms. The van der Waals surface area contributed by atoms with Crippen LogP contribution in [-0.4, -0.2) is 28.1 Å². The van der Waals surface area contributed by atoms with Crippen LogP contribution in [0.1, 0.15) is 26.5 Å². The van der Waals surface area contributed by atoms with Gasteiger partial charge in [-0.05, 0) is 32.1 Å². The third-order valence-corrected chi connectivity index (χ3v) is 3.68. The maximum Gasteiger partial charge on any atom is 0.302 e. The lowest BCUT2D eigenvalue weighted by molar-refractivity contribution is -0.119. The van der Waals surface area contributed by atoms with E-state index in [4.69, 9.17) is 21.1 Å². The van der Waals surface area contributed by atoms with Gasteiger partial charge in [0.1, 0.15) is 11.5 Å². The van der Waals surface area contributed by atoms with E-state index in [2.05, 4.69) is 10.3 Å². The first-order valence-corrected chi connectivity index (χ1v) is 8.35. The summed E-state index contributed by atoms with van der Waals surface area (Å²) in [5.41, 5.74) is 0.842. The maximum absolute atomic E-state index is 11.0. The van der Waals surface area contributed by atoms with E-state index in [0.29, 0.717) is 29.1 Å². The van der Waals surface area contributed by atoms with Crippen LogP contribution in [0.25, 0.3) is 6.08 Å². The van der Waals surface area contributed by atoms with E-state index in [-0.39, 0.29) is 11.9 Å². The summed E-state index contributed by atoms with van der Waals surface area (Å²) in [7, 11) is 1.84. The summed E-state index contributed by atoms with van der Waals surface area (Å²) < 4.78 is 13.0. The number of hydrogen-bond acceptors (Lipinski definition) is 4. The molecule has 0 saturated heterocycles. The summed E-state index contributed by atoms with van der Waals surface area (Å²) in [4.78, 5) is 15.3. The van der Waals surface area contributed by atoms with Gasteiger partial charge in [-0.3, -0.25) is 9.36 Å². The van der Waals surface area contributed by atoms with Crippen LogP contribution in [0.3, 0.4) is 0 Å². The number of imidazole rings is 1. The number of carbonyl (C=O) groups is 1. The van der Waals surface area contributed by atoms with Crippen LogP contribution in [-0.2, 0) is 11.8 Å². The Morgan fingerprint density at radius 1 is 1.48 bits per heavy atom. The number of rotatable bonds is 7. The molecule has 25 heavy (non-hydrogen) atoms. The summed E-state index contributed by atoms with van der Waals surface area (Å²) in [6.07, 6.45) is 5.45. The number of amides is 1. The fraction of sp³-hybridized carbons (Fsp3) is 0.333. The molecule has 2 aromatic rings. The van der Waals surface area contributed by atoms with E-state index in [1.54, 1.807) is 29.0 Å². The van der Waals surface area contributed by atoms with Gasteiger partial charge in [-0.2, -0.15) is 0 Å². The smallest absolute Gasteiger partial charge is 0.302 e. The second kappa shape index (κ2) is 8.58. The fourth-order valence-corrected chi connectivity index (χ4v) is 2.39. The van der Waals surface area contributed by atoms with Gasteiger partial charge in [0.05, 0.1) is 23.5 Å². The molecule has 7 heteroatoms. The van der Waals surface area contributed by atoms with Crippen molar-refractivity contribution >= 4 is 23.6 Å². The number of halogens is 1. The second-order valence-electron chi connectivity index (χ2n) is 5.50. The molecular weight excluding hydrogens is 342 g/mol. The molecule has 0 unspecified atom stereocenters. The third kappa shape index (κ3) is 5.26. The summed E-state index contributed by atoms with van der Waals surface area (Å²) in [5.74, 6) is 1.12. The minimum Gasteiger partial charge on any atom is -0.494 e. The van der Waals surface area contributed by atoms with Crippen molar-refractivity contribution in [1.29, 1.82) is 0 Å². The molecule has 0 fully saturated rings. The summed E-state index contributed by atoms with van der Waals surface area (Å²) in [6, 6.07) is 5.59. The van der Waals surface area contributed by atoms with E-state index < -0.39 is 0 Å². The van der Waals surface area contributed by atoms with Gasteiger partial charge in [0.25, 0.3) is 0 Å². The number of carbonyl (C=O) groups excluding carboxylic acids is 1. The third-order valence-electron chi connectivity index (χ3n) is 3.38. The normalized spacial score (nSPS) is 12.2. The maximum atomic E-state index is 11.0. The van der Waals surface area contributed by atoms with Crippen LogP contribution in [0.2, 0.25) is 5.02 Å². The lowest BCUT2D eigenvalue weighted by Crippen LogP contribution is -2.28. The molecule has 6 nitrogen and oxygen atoms in total. The summed E-state index contributed by atoms with van der Waals surface area (Å²) in [6.45, 7) is 5.86. The average Bonchev–Trinajstić information content (AvgIpc) is 2.88. The van der Waals surface area contributed by atoms with Gasteiger partial charge < -0.3 is 14.8 Å². The first-order valence-electron chi connectivity index (χ1n) is 7.98. The van der Waals surface area contributed by atoms with Crippen molar-refractivity contribution in [3.05, 3.63) is 41.2 Å². The quantitative estimate of drug-likeness (QED) is 0.812. The van der Waals surface area contributed by atoms with Gasteiger partial charge in [0.2, 0.25) is 5.91 Å². The average molecular weight is 364 g/mol. The molecule has 1 amide bonds. The lowest BCUT2D eigenvalue weighted by Gasteiger charge is -2.10. The van der Waals surface area contributed by atoms with Crippen LogP contribution >= 0.6 is 11.6 Å². The minimum absolute atomic E-state index is 0.0719. The first-order chi connectivity index (χ1) is 11.9. The Kier molecular flexibility index (Phi) is 6.47. The Morgan fingerprint density at radius 3 is 2.88 bits per heavy atom. The van der Waals surface area contributed by atoms with Crippen LogP contribution in [0.5, 0.6) is 17.5 Å². The number of hydrogen-bond donors (Lipinski definition) is 1. The van der Waals surface area contributed by atoms with E-state index in [1.165, 1.54) is 6.92 Å². The Labute approximate surface area is 152 Å². The van der Waals surface area contributed by atoms with E-state index in [1.807, 2.05) is 33.0 Å². The monoisotopic (exact) mass is 363 g/mol. The number of benzene rings is 1. The molecule has 0 bridgehead atoms. The topological polar surface area (TPSA) is 65.4 Å². The van der Waals surface area contributed by atoms with Crippen molar-refractivity contribution in [2.24, 2.45) is 7.05 Å². The first kappa shape index (κ1) is 18.9. The highest BCUT2D eigenvalue weighted by molar-refractivity contribution is 6.32. The van der Waals surface area contributed by atoms with Crippen molar-refractivity contribution in [1.82, 2.24) is 14.9 Å². The number of aromatic nitrogens is 2. The molecule has 134 valence electrons. The van der Waals surface area contributed by atoms with Crippen molar-refractivity contribution in [2.75, 3.05) is 6.61 Å². The highest BCUT2D eigenvalue weighted by Crippen LogP contribution is 2.32. The van der Waals surface area contributed by atoms with E-state index in [0.717, 1.165) is 5.69 Å². The van der Waals surface area contributed by atoms with Gasteiger partial charge in [-0.15, -0.1) is 0 Å². The molecule has 0 radical (unpaired) electrons. The molecule has 1 heterocycles. The zero-order valence-electron chi connectivity index (χ0n) is 14.7. The Morgan fingerprint density at radius 2 is 2.24 bits per heavy atom. The highest BCUT2D eigenvalue weighted by atomic mass is 35.5. The van der Waals surface area contributed by atoms with Gasteiger partial charge in [0.15, 0.2) is 0 Å². The molecule has 1 N–H and O–H groups in total. The lowest BCUT2D eigenvalue weighted by atomic mass is 10.3. The van der Waals surface area contributed by atoms with Crippen molar-refractivity contribution < 1.29 is 14.3 Å². The molecular formula is C18H22ClN3O3. The predicted octanol–water partition coefficient (Wildman–Crippen LogP) is 3.80. The van der Waals surface area contributed by atoms with Crippen LogP contribution < -0.4 is 14.8 Å². The summed E-state index contributed by atoms with van der Waals surface area (Å²) >= 11 is 6.23. The van der Waals surface area contributed by atoms with Gasteiger partial charge in [-0.1, -0.05) is 17.7 Å². The van der Waals surface area contributed by atoms with E-state index in [9.17, 15) is 4.79 Å². The second-order valence-corrected chi connectivity index (χ2v) is 5.91. The number of nitrogens with zero attached hydrogens (tertiary/aromatic N) is 2. The standard InChI is InChI=1S/C18H22ClN3O3/c1-5-24-15-8-9-17(16(19)10-15)25-18-20-11-14(22(18)4)7-6-12(2)21-13(3)23/h6-12H,5H2,1-4H3,(H,21,23)/b7-6+/t12-/m0/s1. The molecule has 1 aromatic carbocycles. The predicted molar refractivity (Wildman–Crippen MR) is 98.2 cm³/mol. The number of ether oxygens (including phenoxy) is 2. The SMILES string of the molecule is CCOc1ccc(Oc2ncc(/C=C/[C@H](C)NC(C)=O)n2C)c(Cl)c1. The van der Waals surface area contributed by atoms with Crippen LogP contribution in [0, 0.1) is 0 Å². The Hall–Kier alpha value is -2.47. The molecule has 0 aliphatic carbocycles. The van der Waals surface area contributed by atoms with Gasteiger partial charge in [0, 0.05) is 26.1 Å². The molecule has 1 aromatic heterocycles. The van der Waals surface area contributed by atoms with Crippen molar-refractivity contribution in [3.8, 4) is 17.5 Å². The minimum atomic E-state index is -0.0729. The fourth-order valence-electron chi connectivity index (χ4n) is 2.19. The number of nitrogens with one attached hydrogen (secondary N) is 1. The van der Waals surface area contributed by atoms with Gasteiger partial charge >= 0.3 is 6.01 Å². The highest BCUT2D eigenvalue weighted by Gasteiger charge is 2.11. The van der Waals surface area contributed by atoms with Crippen molar-refractivity contribution in [2.45, 2.75) is 26.8 Å². The van der Waals surface area contributed by atoms with E-state index >= 15 is 0 Å². The molecule has 1 atom stereocenters. The molecule has 0 aliphatic heterocycles. The zero-order valence-corrected chi connectivity index (χ0v) is 15.5. The van der Waals surface area contributed by atoms with Gasteiger partial charge in [-0.25, -0.2) is 4.98 Å². The largest absolute Gasteiger partial charge is 0.494 e. The molecule has 0 aliphatic rings. The molecule has 2 rings (SSSR count). The van der Waals surface area contributed by atoms with Crippen molar-refractivity contribution in [3.63, 3.8) is 0 Å².